The van der Waals surface area contributed by atoms with Gasteiger partial charge in [0, 0.05) is 24.0 Å². The normalized spacial score (nSPS) is 20.0. The molecule has 7 nitrogen and oxygen atoms in total. The van der Waals surface area contributed by atoms with E-state index in [2.05, 4.69) is 11.8 Å². The van der Waals surface area contributed by atoms with Crippen LogP contribution < -0.4 is 9.47 Å². The highest BCUT2D eigenvalue weighted by atomic mass is 19.4. The van der Waals surface area contributed by atoms with Crippen LogP contribution in [0.3, 0.4) is 0 Å². The van der Waals surface area contributed by atoms with E-state index in [-0.39, 0.29) is 12.1 Å². The van der Waals surface area contributed by atoms with E-state index in [0.29, 0.717) is 36.0 Å². The van der Waals surface area contributed by atoms with Crippen LogP contribution in [0.4, 0.5) is 13.2 Å². The smallest absolute Gasteiger partial charge is 0.490 e. The van der Waals surface area contributed by atoms with Crippen molar-refractivity contribution in [3.05, 3.63) is 89.5 Å². The van der Waals surface area contributed by atoms with Gasteiger partial charge in [-0.3, -0.25) is 4.79 Å². The second kappa shape index (κ2) is 11.8. The molecule has 216 valence electrons. The number of rotatable bonds is 9. The van der Waals surface area contributed by atoms with Gasteiger partial charge in [0.2, 0.25) is 0 Å². The Morgan fingerprint density at radius 3 is 2.22 bits per heavy atom. The van der Waals surface area contributed by atoms with Gasteiger partial charge in [-0.25, -0.2) is 4.79 Å². The summed E-state index contributed by atoms with van der Waals surface area (Å²) in [5, 5.41) is 0. The van der Waals surface area contributed by atoms with Gasteiger partial charge < -0.3 is 23.4 Å². The SMILES string of the molecule is C[N+]1(CCCOc2ccc(COC(=O)C(F)(F)F)cc2)CCC(OC(=O)C2c3ccccc3Oc3ccccc32)C1. The van der Waals surface area contributed by atoms with E-state index in [4.69, 9.17) is 14.2 Å². The van der Waals surface area contributed by atoms with Crippen molar-refractivity contribution >= 4 is 11.9 Å². The number of fused-ring (bicyclic) bond motifs is 2. The Kier molecular flexibility index (Phi) is 8.21. The van der Waals surface area contributed by atoms with Gasteiger partial charge in [0.05, 0.1) is 26.7 Å². The summed E-state index contributed by atoms with van der Waals surface area (Å²) in [6.07, 6.45) is -3.66. The molecule has 41 heavy (non-hydrogen) atoms. The van der Waals surface area contributed by atoms with Crippen LogP contribution in [-0.2, 0) is 25.7 Å². The maximum atomic E-state index is 13.5. The third kappa shape index (κ3) is 6.82. The Hall–Kier alpha value is -4.05. The molecule has 2 unspecified atom stereocenters. The number of hydrogen-bond donors (Lipinski definition) is 0. The zero-order valence-electron chi connectivity index (χ0n) is 22.6. The average Bonchev–Trinajstić information content (AvgIpc) is 3.32. The standard InChI is InChI=1S/C31H31F3NO6/c1-35(16-6-18-38-22-13-11-21(12-14-22)20-39-30(37)31(32,33)34)17-15-23(19-35)40-29(36)28-24-7-2-4-9-26(24)41-27-10-5-3-8-25(27)28/h2-5,7-14,23,28H,6,15-20H2,1H3/q+1. The molecule has 0 amide bonds. The van der Waals surface area contributed by atoms with E-state index in [1.807, 2.05) is 48.5 Å². The van der Waals surface area contributed by atoms with Gasteiger partial charge in [-0.2, -0.15) is 13.2 Å². The summed E-state index contributed by atoms with van der Waals surface area (Å²) < 4.78 is 59.6. The topological polar surface area (TPSA) is 71.1 Å². The minimum Gasteiger partial charge on any atom is -0.493 e. The molecule has 0 saturated carbocycles. The summed E-state index contributed by atoms with van der Waals surface area (Å²) >= 11 is 0. The number of ether oxygens (including phenoxy) is 4. The van der Waals surface area contributed by atoms with Crippen molar-refractivity contribution in [3.63, 3.8) is 0 Å². The molecule has 2 atom stereocenters. The molecule has 0 N–H and O–H groups in total. The van der Waals surface area contributed by atoms with Gasteiger partial charge in [-0.05, 0) is 29.8 Å². The van der Waals surface area contributed by atoms with Gasteiger partial charge in [-0.1, -0.05) is 48.5 Å². The van der Waals surface area contributed by atoms with Gasteiger partial charge >= 0.3 is 18.1 Å². The van der Waals surface area contributed by atoms with Crippen molar-refractivity contribution in [2.45, 2.75) is 37.6 Å². The number of esters is 2. The molecular weight excluding hydrogens is 539 g/mol. The minimum absolute atomic E-state index is 0.186. The summed E-state index contributed by atoms with van der Waals surface area (Å²) in [5.41, 5.74) is 2.04. The Balaban J connectivity index is 1.09. The first-order valence-electron chi connectivity index (χ1n) is 13.5. The number of nitrogens with zero attached hydrogens (tertiary/aromatic N) is 1. The molecule has 1 saturated heterocycles. The maximum absolute atomic E-state index is 13.5. The van der Waals surface area contributed by atoms with Gasteiger partial charge in [0.1, 0.15) is 36.3 Å². The molecule has 10 heteroatoms. The van der Waals surface area contributed by atoms with E-state index in [9.17, 15) is 22.8 Å². The second-order valence-electron chi connectivity index (χ2n) is 10.6. The molecule has 2 heterocycles. The maximum Gasteiger partial charge on any atom is 0.490 e. The number of alkyl halides is 3. The van der Waals surface area contributed by atoms with Crippen molar-refractivity contribution < 1.29 is 46.2 Å². The zero-order chi connectivity index (χ0) is 29.0. The van der Waals surface area contributed by atoms with Crippen LogP contribution in [0.5, 0.6) is 17.2 Å². The van der Waals surface area contributed by atoms with Crippen LogP contribution in [0.2, 0.25) is 0 Å². The summed E-state index contributed by atoms with van der Waals surface area (Å²) in [6.45, 7) is 2.42. The van der Waals surface area contributed by atoms with E-state index >= 15 is 0 Å². The third-order valence-corrected chi connectivity index (χ3v) is 7.47. The third-order valence-electron chi connectivity index (χ3n) is 7.47. The molecule has 2 aliphatic heterocycles. The van der Waals surface area contributed by atoms with Crippen molar-refractivity contribution in [1.82, 2.24) is 0 Å². The molecule has 3 aromatic carbocycles. The van der Waals surface area contributed by atoms with E-state index in [1.165, 1.54) is 0 Å². The van der Waals surface area contributed by atoms with Gasteiger partial charge in [0.25, 0.3) is 0 Å². The average molecular weight is 571 g/mol. The molecule has 0 spiro atoms. The lowest BCUT2D eigenvalue weighted by Gasteiger charge is -2.30. The molecule has 0 aromatic heterocycles. The van der Waals surface area contributed by atoms with E-state index in [1.54, 1.807) is 24.3 Å². The lowest BCUT2D eigenvalue weighted by atomic mass is 9.88. The van der Waals surface area contributed by atoms with E-state index in [0.717, 1.165) is 41.5 Å². The van der Waals surface area contributed by atoms with Crippen molar-refractivity contribution in [2.75, 3.05) is 33.3 Å². The lowest BCUT2D eigenvalue weighted by molar-refractivity contribution is -0.899. The molecule has 2 aliphatic rings. The Morgan fingerprint density at radius 1 is 0.951 bits per heavy atom. The van der Waals surface area contributed by atoms with Crippen molar-refractivity contribution in [2.24, 2.45) is 0 Å². The fourth-order valence-electron chi connectivity index (χ4n) is 5.37. The Morgan fingerprint density at radius 2 is 1.59 bits per heavy atom. The van der Waals surface area contributed by atoms with Crippen LogP contribution >= 0.6 is 0 Å². The molecular formula is C31H31F3NO6+. The molecule has 0 aliphatic carbocycles. The van der Waals surface area contributed by atoms with Crippen LogP contribution in [0.15, 0.2) is 72.8 Å². The van der Waals surface area contributed by atoms with Gasteiger partial charge in [0.15, 0.2) is 6.10 Å². The van der Waals surface area contributed by atoms with Crippen molar-refractivity contribution in [1.29, 1.82) is 0 Å². The number of benzene rings is 3. The van der Waals surface area contributed by atoms with Crippen LogP contribution in [-0.4, -0.2) is 62.0 Å². The number of likely N-dealkylation sites (tertiary alicyclic amines) is 1. The minimum atomic E-state index is -5.01. The van der Waals surface area contributed by atoms with Crippen LogP contribution in [0.25, 0.3) is 0 Å². The summed E-state index contributed by atoms with van der Waals surface area (Å²) in [7, 11) is 2.14. The number of halogens is 3. The van der Waals surface area contributed by atoms with Gasteiger partial charge in [-0.15, -0.1) is 0 Å². The first-order chi connectivity index (χ1) is 19.6. The number of hydrogen-bond acceptors (Lipinski definition) is 6. The predicted octanol–water partition coefficient (Wildman–Crippen LogP) is 5.76. The first-order valence-corrected chi connectivity index (χ1v) is 13.5. The monoisotopic (exact) mass is 570 g/mol. The number of para-hydroxylation sites is 2. The predicted molar refractivity (Wildman–Crippen MR) is 142 cm³/mol. The lowest BCUT2D eigenvalue weighted by Crippen LogP contribution is -2.44. The molecule has 1 fully saturated rings. The summed E-state index contributed by atoms with van der Waals surface area (Å²) in [6, 6.07) is 21.5. The van der Waals surface area contributed by atoms with Crippen LogP contribution in [0, 0.1) is 0 Å². The molecule has 0 radical (unpaired) electrons. The zero-order valence-corrected chi connectivity index (χ0v) is 22.6. The Bertz CT molecular complexity index is 1350. The molecule has 0 bridgehead atoms. The highest BCUT2D eigenvalue weighted by molar-refractivity contribution is 5.85. The second-order valence-corrected chi connectivity index (χ2v) is 10.6. The fraction of sp³-hybridized carbons (Fsp3) is 0.355. The van der Waals surface area contributed by atoms with E-state index < -0.39 is 24.7 Å². The number of likely N-dealkylation sites (N-methyl/N-ethyl adjacent to an activating group) is 1. The van der Waals surface area contributed by atoms with Crippen LogP contribution in [0.1, 0.15) is 35.4 Å². The number of quaternary nitrogens is 1. The molecule has 3 aromatic rings. The largest absolute Gasteiger partial charge is 0.493 e. The molecule has 5 rings (SSSR count). The highest BCUT2D eigenvalue weighted by Gasteiger charge is 2.41. The first kappa shape index (κ1) is 28.5. The Labute approximate surface area is 236 Å². The number of carbonyl (C=O) groups is 2. The summed E-state index contributed by atoms with van der Waals surface area (Å²) in [5.74, 6) is -1.12. The quantitative estimate of drug-likeness (QED) is 0.185. The summed E-state index contributed by atoms with van der Waals surface area (Å²) in [4.78, 5) is 24.3. The number of carbonyl (C=O) groups excluding carboxylic acids is 2. The fourth-order valence-corrected chi connectivity index (χ4v) is 5.37. The van der Waals surface area contributed by atoms with Crippen molar-refractivity contribution in [3.8, 4) is 17.2 Å². The highest BCUT2D eigenvalue weighted by Crippen LogP contribution is 2.44.